The topological polar surface area (TPSA) is 38.7 Å². The fourth-order valence-corrected chi connectivity index (χ4v) is 2.93. The quantitative estimate of drug-likeness (QED) is 0.888. The molecule has 1 atom stereocenters. The first-order valence-electron chi connectivity index (χ1n) is 6.72. The van der Waals surface area contributed by atoms with Crippen LogP contribution in [0.2, 0.25) is 0 Å². The van der Waals surface area contributed by atoms with Gasteiger partial charge in [-0.2, -0.15) is 0 Å². The molecule has 1 heterocycles. The molecular weight excluding hydrogens is 228 g/mol. The zero-order valence-electron chi connectivity index (χ0n) is 10.8. The number of hydrogen-bond donors (Lipinski definition) is 1. The Labute approximate surface area is 108 Å². The normalized spacial score (nSPS) is 21.9. The van der Waals surface area contributed by atoms with Crippen LogP contribution in [0.5, 0.6) is 5.75 Å². The fourth-order valence-electron chi connectivity index (χ4n) is 2.93. The first-order valence-corrected chi connectivity index (χ1v) is 6.72. The molecule has 1 aliphatic heterocycles. The molecule has 1 aromatic rings. The highest BCUT2D eigenvalue weighted by Crippen LogP contribution is 2.49. The third-order valence-corrected chi connectivity index (χ3v) is 4.02. The van der Waals surface area contributed by atoms with E-state index in [1.54, 1.807) is 7.11 Å². The van der Waals surface area contributed by atoms with Crippen LogP contribution in [0.1, 0.15) is 30.4 Å². The maximum Gasteiger partial charge on any atom is 0.128 e. The molecule has 3 heteroatoms. The Balaban J connectivity index is 2.03. The van der Waals surface area contributed by atoms with E-state index >= 15 is 0 Å². The van der Waals surface area contributed by atoms with E-state index in [2.05, 4.69) is 6.07 Å². The van der Waals surface area contributed by atoms with Crippen LogP contribution in [0.3, 0.4) is 0 Å². The van der Waals surface area contributed by atoms with Crippen LogP contribution >= 0.6 is 0 Å². The molecule has 98 valence electrons. The van der Waals surface area contributed by atoms with E-state index in [9.17, 15) is 5.11 Å². The van der Waals surface area contributed by atoms with Gasteiger partial charge in [0.1, 0.15) is 11.4 Å². The number of methoxy groups -OCH3 is 1. The van der Waals surface area contributed by atoms with Crippen LogP contribution in [0, 0.1) is 5.92 Å². The Morgan fingerprint density at radius 3 is 3.00 bits per heavy atom. The highest BCUT2D eigenvalue weighted by Gasteiger charge is 2.47. The van der Waals surface area contributed by atoms with Gasteiger partial charge in [0.2, 0.25) is 0 Å². The second kappa shape index (κ2) is 4.56. The molecule has 1 saturated carbocycles. The monoisotopic (exact) mass is 248 g/mol. The summed E-state index contributed by atoms with van der Waals surface area (Å²) in [4.78, 5) is 0. The van der Waals surface area contributed by atoms with E-state index < -0.39 is 5.60 Å². The summed E-state index contributed by atoms with van der Waals surface area (Å²) in [7, 11) is 1.64. The molecule has 0 radical (unpaired) electrons. The lowest BCUT2D eigenvalue weighted by molar-refractivity contribution is -0.0551. The molecule has 1 aliphatic carbocycles. The molecule has 0 saturated heterocycles. The predicted octanol–water partition coefficient (Wildman–Crippen LogP) is 2.26. The van der Waals surface area contributed by atoms with Crippen molar-refractivity contribution in [2.75, 3.05) is 20.3 Å². The van der Waals surface area contributed by atoms with E-state index in [1.165, 1.54) is 5.56 Å². The summed E-state index contributed by atoms with van der Waals surface area (Å²) < 4.78 is 11.1. The van der Waals surface area contributed by atoms with Crippen molar-refractivity contribution in [3.63, 3.8) is 0 Å². The molecule has 3 rings (SSSR count). The minimum absolute atomic E-state index is 0.314. The second-order valence-electron chi connectivity index (χ2n) is 5.38. The Hall–Kier alpha value is -1.06. The van der Waals surface area contributed by atoms with Crippen molar-refractivity contribution in [2.45, 2.75) is 31.3 Å². The van der Waals surface area contributed by atoms with Crippen LogP contribution < -0.4 is 4.74 Å². The van der Waals surface area contributed by atoms with Gasteiger partial charge in [-0.1, -0.05) is 18.2 Å². The molecule has 1 fully saturated rings. The zero-order valence-corrected chi connectivity index (χ0v) is 10.8. The first kappa shape index (κ1) is 12.0. The number of hydrogen-bond acceptors (Lipinski definition) is 3. The Morgan fingerprint density at radius 2 is 2.28 bits per heavy atom. The summed E-state index contributed by atoms with van der Waals surface area (Å²) in [5.41, 5.74) is 1.26. The Kier molecular flexibility index (Phi) is 3.04. The molecule has 0 bridgehead atoms. The van der Waals surface area contributed by atoms with Gasteiger partial charge < -0.3 is 14.6 Å². The largest absolute Gasteiger partial charge is 0.493 e. The number of fused-ring (bicyclic) bond motifs is 1. The average Bonchev–Trinajstić information content (AvgIpc) is 3.23. The van der Waals surface area contributed by atoms with Crippen LogP contribution in [0.15, 0.2) is 18.2 Å². The number of benzene rings is 1. The van der Waals surface area contributed by atoms with E-state index in [0.717, 1.165) is 43.6 Å². The standard InChI is InChI=1S/C15H20O3/c1-17-10-15(16,12-7-8-12)13-6-2-4-11-5-3-9-18-14(11)13/h2,4,6,12,16H,3,5,7-10H2,1H3. The predicted molar refractivity (Wildman–Crippen MR) is 68.8 cm³/mol. The van der Waals surface area contributed by atoms with Gasteiger partial charge in [0.25, 0.3) is 0 Å². The maximum absolute atomic E-state index is 11.0. The summed E-state index contributed by atoms with van der Waals surface area (Å²) in [6, 6.07) is 6.10. The molecule has 1 N–H and O–H groups in total. The molecule has 2 aliphatic rings. The van der Waals surface area contributed by atoms with Gasteiger partial charge in [0, 0.05) is 12.7 Å². The molecule has 1 aromatic carbocycles. The van der Waals surface area contributed by atoms with Crippen molar-refractivity contribution in [1.82, 2.24) is 0 Å². The van der Waals surface area contributed by atoms with Gasteiger partial charge >= 0.3 is 0 Å². The van der Waals surface area contributed by atoms with Crippen LogP contribution in [0.4, 0.5) is 0 Å². The number of aliphatic hydroxyl groups is 1. The summed E-state index contributed by atoms with van der Waals surface area (Å²) >= 11 is 0. The third-order valence-electron chi connectivity index (χ3n) is 4.02. The van der Waals surface area contributed by atoms with E-state index in [-0.39, 0.29) is 0 Å². The molecule has 18 heavy (non-hydrogen) atoms. The third kappa shape index (κ3) is 1.91. The van der Waals surface area contributed by atoms with Crippen molar-refractivity contribution in [2.24, 2.45) is 5.92 Å². The Bertz CT molecular complexity index is 439. The summed E-state index contributed by atoms with van der Waals surface area (Å²) in [6.07, 6.45) is 4.24. The van der Waals surface area contributed by atoms with Crippen LogP contribution in [-0.4, -0.2) is 25.4 Å². The van der Waals surface area contributed by atoms with Crippen LogP contribution in [0.25, 0.3) is 0 Å². The van der Waals surface area contributed by atoms with Gasteiger partial charge in [-0.25, -0.2) is 0 Å². The van der Waals surface area contributed by atoms with E-state index in [4.69, 9.17) is 9.47 Å². The molecule has 0 spiro atoms. The second-order valence-corrected chi connectivity index (χ2v) is 5.38. The van der Waals surface area contributed by atoms with E-state index in [0.29, 0.717) is 12.5 Å². The zero-order chi connectivity index (χ0) is 12.6. The minimum Gasteiger partial charge on any atom is -0.493 e. The van der Waals surface area contributed by atoms with Crippen molar-refractivity contribution in [1.29, 1.82) is 0 Å². The van der Waals surface area contributed by atoms with Gasteiger partial charge in [0.15, 0.2) is 0 Å². The average molecular weight is 248 g/mol. The number of rotatable bonds is 4. The molecule has 1 unspecified atom stereocenters. The van der Waals surface area contributed by atoms with Gasteiger partial charge in [0.05, 0.1) is 13.2 Å². The first-order chi connectivity index (χ1) is 8.75. The van der Waals surface area contributed by atoms with Crippen molar-refractivity contribution < 1.29 is 14.6 Å². The lowest BCUT2D eigenvalue weighted by atomic mass is 9.86. The SMILES string of the molecule is COCC(O)(c1cccc2c1OCCC2)C1CC1. The Morgan fingerprint density at radius 1 is 1.44 bits per heavy atom. The lowest BCUT2D eigenvalue weighted by Crippen LogP contribution is -2.35. The summed E-state index contributed by atoms with van der Waals surface area (Å²) in [6.45, 7) is 1.09. The smallest absolute Gasteiger partial charge is 0.128 e. The highest BCUT2D eigenvalue weighted by molar-refractivity contribution is 5.46. The molecule has 3 nitrogen and oxygen atoms in total. The maximum atomic E-state index is 11.0. The highest BCUT2D eigenvalue weighted by atomic mass is 16.5. The van der Waals surface area contributed by atoms with E-state index in [1.807, 2.05) is 12.1 Å². The molecule has 0 aromatic heterocycles. The van der Waals surface area contributed by atoms with Crippen molar-refractivity contribution in [3.8, 4) is 5.75 Å². The van der Waals surface area contributed by atoms with Crippen molar-refractivity contribution >= 4 is 0 Å². The van der Waals surface area contributed by atoms with Gasteiger partial charge in [-0.15, -0.1) is 0 Å². The van der Waals surface area contributed by atoms with Gasteiger partial charge in [-0.3, -0.25) is 0 Å². The van der Waals surface area contributed by atoms with Gasteiger partial charge in [-0.05, 0) is 37.2 Å². The summed E-state index contributed by atoms with van der Waals surface area (Å²) in [5.74, 6) is 1.21. The summed E-state index contributed by atoms with van der Waals surface area (Å²) in [5, 5.41) is 11.0. The minimum atomic E-state index is -0.878. The number of aryl methyl sites for hydroxylation is 1. The van der Waals surface area contributed by atoms with Crippen LogP contribution in [-0.2, 0) is 16.8 Å². The molecule has 0 amide bonds. The fraction of sp³-hybridized carbons (Fsp3) is 0.600. The number of para-hydroxylation sites is 1. The lowest BCUT2D eigenvalue weighted by Gasteiger charge is -2.32. The van der Waals surface area contributed by atoms with Crippen molar-refractivity contribution in [3.05, 3.63) is 29.3 Å². The number of ether oxygens (including phenoxy) is 2. The molecular formula is C15H20O3.